The number of rotatable bonds is 6. The molecule has 0 saturated carbocycles. The molecule has 0 radical (unpaired) electrons. The zero-order chi connectivity index (χ0) is 15.2. The molecule has 0 spiro atoms. The van der Waals surface area contributed by atoms with Crippen molar-refractivity contribution in [3.8, 4) is 0 Å². The van der Waals surface area contributed by atoms with Gasteiger partial charge in [0.25, 0.3) is 0 Å². The largest absolute Gasteiger partial charge is 0.384 e. The summed E-state index contributed by atoms with van der Waals surface area (Å²) < 4.78 is 0. The molecule has 0 heterocycles. The molecule has 21 heavy (non-hydrogen) atoms. The molecule has 0 aliphatic heterocycles. The van der Waals surface area contributed by atoms with Crippen molar-refractivity contribution in [3.63, 3.8) is 0 Å². The van der Waals surface area contributed by atoms with E-state index in [2.05, 4.69) is 30.9 Å². The summed E-state index contributed by atoms with van der Waals surface area (Å²) in [4.78, 5) is 2.36. The molecule has 0 aliphatic carbocycles. The zero-order valence-corrected chi connectivity index (χ0v) is 13.3. The van der Waals surface area contributed by atoms with Gasteiger partial charge in [-0.1, -0.05) is 67.9 Å². The average molecular weight is 304 g/mol. The molecule has 0 unspecified atom stereocenters. The second kappa shape index (κ2) is 7.60. The first-order valence-corrected chi connectivity index (χ1v) is 7.77. The van der Waals surface area contributed by atoms with Gasteiger partial charge in [0.15, 0.2) is 0 Å². The highest BCUT2D eigenvalue weighted by Crippen LogP contribution is 2.28. The van der Waals surface area contributed by atoms with Crippen molar-refractivity contribution in [3.05, 3.63) is 70.2 Å². The van der Waals surface area contributed by atoms with Crippen LogP contribution >= 0.6 is 11.6 Å². The first kappa shape index (κ1) is 16.0. The minimum atomic E-state index is -0.679. The first-order chi connectivity index (χ1) is 10.2. The van der Waals surface area contributed by atoms with Crippen molar-refractivity contribution in [1.29, 1.82) is 0 Å². The van der Waals surface area contributed by atoms with Crippen molar-refractivity contribution in [1.82, 2.24) is 4.90 Å². The van der Waals surface area contributed by atoms with Crippen LogP contribution in [0.25, 0.3) is 0 Å². The Morgan fingerprint density at radius 2 is 1.62 bits per heavy atom. The Morgan fingerprint density at radius 3 is 2.19 bits per heavy atom. The van der Waals surface area contributed by atoms with Gasteiger partial charge in [-0.05, 0) is 30.3 Å². The zero-order valence-electron chi connectivity index (χ0n) is 12.6. The summed E-state index contributed by atoms with van der Waals surface area (Å²) in [5.74, 6) is 0. The molecule has 2 aromatic rings. The Bertz CT molecular complexity index is 564. The third kappa shape index (κ3) is 4.07. The van der Waals surface area contributed by atoms with Crippen molar-refractivity contribution < 1.29 is 5.11 Å². The molecule has 2 rings (SSSR count). The molecule has 0 aliphatic rings. The summed E-state index contributed by atoms with van der Waals surface area (Å²) >= 11 is 6.14. The van der Waals surface area contributed by atoms with Crippen LogP contribution in [-0.4, -0.2) is 23.1 Å². The van der Waals surface area contributed by atoms with Crippen molar-refractivity contribution >= 4 is 11.6 Å². The Morgan fingerprint density at radius 1 is 1.00 bits per heavy atom. The summed E-state index contributed by atoms with van der Waals surface area (Å²) in [5.41, 5.74) is 2.87. The molecule has 0 amide bonds. The molecule has 1 atom stereocenters. The standard InChI is InChI=1S/C18H22ClNO/c1-3-20(4-2)13-14-9-11-15(12-10-14)18(21)16-7-5-6-8-17(16)19/h5-12,18,21H,3-4,13H2,1-2H3/t18-/m0/s1. The minimum absolute atomic E-state index is 0.595. The first-order valence-electron chi connectivity index (χ1n) is 7.39. The monoisotopic (exact) mass is 303 g/mol. The highest BCUT2D eigenvalue weighted by Gasteiger charge is 2.13. The van der Waals surface area contributed by atoms with Crippen LogP contribution in [0.15, 0.2) is 48.5 Å². The van der Waals surface area contributed by atoms with Crippen molar-refractivity contribution in [2.45, 2.75) is 26.5 Å². The van der Waals surface area contributed by atoms with E-state index in [1.807, 2.05) is 30.3 Å². The van der Waals surface area contributed by atoms with Gasteiger partial charge in [-0.2, -0.15) is 0 Å². The summed E-state index contributed by atoms with van der Waals surface area (Å²) in [6, 6.07) is 15.5. The van der Waals surface area contributed by atoms with Crippen LogP contribution in [0.3, 0.4) is 0 Å². The molecule has 0 saturated heterocycles. The molecule has 0 bridgehead atoms. The number of halogens is 1. The lowest BCUT2D eigenvalue weighted by molar-refractivity contribution is 0.220. The lowest BCUT2D eigenvalue weighted by Crippen LogP contribution is -2.22. The third-order valence-electron chi connectivity index (χ3n) is 3.80. The van der Waals surface area contributed by atoms with Crippen molar-refractivity contribution in [2.24, 2.45) is 0 Å². The van der Waals surface area contributed by atoms with Gasteiger partial charge in [0.1, 0.15) is 6.10 Å². The Hall–Kier alpha value is -1.35. The number of nitrogens with zero attached hydrogens (tertiary/aromatic N) is 1. The van der Waals surface area contributed by atoms with Crippen LogP contribution in [0.1, 0.15) is 36.6 Å². The average Bonchev–Trinajstić information content (AvgIpc) is 2.53. The van der Waals surface area contributed by atoms with Gasteiger partial charge in [-0.15, -0.1) is 0 Å². The summed E-state index contributed by atoms with van der Waals surface area (Å²) in [6.45, 7) is 7.36. The van der Waals surface area contributed by atoms with Gasteiger partial charge >= 0.3 is 0 Å². The fraction of sp³-hybridized carbons (Fsp3) is 0.333. The van der Waals surface area contributed by atoms with E-state index in [4.69, 9.17) is 11.6 Å². The van der Waals surface area contributed by atoms with Crippen LogP contribution in [0.5, 0.6) is 0 Å². The SMILES string of the molecule is CCN(CC)Cc1ccc([C@H](O)c2ccccc2Cl)cc1. The number of hydrogen-bond acceptors (Lipinski definition) is 2. The van der Waals surface area contributed by atoms with Gasteiger partial charge in [0.2, 0.25) is 0 Å². The van der Waals surface area contributed by atoms with Crippen LogP contribution in [0.2, 0.25) is 5.02 Å². The number of hydrogen-bond donors (Lipinski definition) is 1. The molecule has 0 aromatic heterocycles. The number of aliphatic hydroxyl groups excluding tert-OH is 1. The van der Waals surface area contributed by atoms with Gasteiger partial charge in [-0.25, -0.2) is 0 Å². The van der Waals surface area contributed by atoms with Crippen molar-refractivity contribution in [2.75, 3.05) is 13.1 Å². The second-order valence-electron chi connectivity index (χ2n) is 5.13. The maximum absolute atomic E-state index is 10.4. The molecular formula is C18H22ClNO. The lowest BCUT2D eigenvalue weighted by atomic mass is 10.0. The lowest BCUT2D eigenvalue weighted by Gasteiger charge is -2.19. The van der Waals surface area contributed by atoms with Crippen LogP contribution in [0, 0.1) is 0 Å². The maximum atomic E-state index is 10.4. The number of aliphatic hydroxyl groups is 1. The van der Waals surface area contributed by atoms with Gasteiger partial charge in [0.05, 0.1) is 0 Å². The van der Waals surface area contributed by atoms with E-state index >= 15 is 0 Å². The van der Waals surface area contributed by atoms with Crippen LogP contribution < -0.4 is 0 Å². The highest BCUT2D eigenvalue weighted by molar-refractivity contribution is 6.31. The minimum Gasteiger partial charge on any atom is -0.384 e. The van der Waals surface area contributed by atoms with E-state index in [9.17, 15) is 5.11 Å². The maximum Gasteiger partial charge on any atom is 0.105 e. The van der Waals surface area contributed by atoms with Crippen LogP contribution in [-0.2, 0) is 6.54 Å². The molecule has 2 nitrogen and oxygen atoms in total. The van der Waals surface area contributed by atoms with E-state index in [1.54, 1.807) is 6.07 Å². The smallest absolute Gasteiger partial charge is 0.105 e. The highest BCUT2D eigenvalue weighted by atomic mass is 35.5. The molecule has 2 aromatic carbocycles. The predicted molar refractivity (Wildman–Crippen MR) is 88.6 cm³/mol. The quantitative estimate of drug-likeness (QED) is 0.862. The fourth-order valence-corrected chi connectivity index (χ4v) is 2.63. The summed E-state index contributed by atoms with van der Waals surface area (Å²) in [6.07, 6.45) is -0.679. The molecular weight excluding hydrogens is 282 g/mol. The van der Waals surface area contributed by atoms with Gasteiger partial charge in [-0.3, -0.25) is 4.90 Å². The molecule has 0 fully saturated rings. The Balaban J connectivity index is 2.13. The summed E-state index contributed by atoms with van der Waals surface area (Å²) in [7, 11) is 0. The van der Waals surface area contributed by atoms with E-state index in [0.717, 1.165) is 30.8 Å². The Labute approximate surface area is 132 Å². The molecule has 112 valence electrons. The summed E-state index contributed by atoms with van der Waals surface area (Å²) in [5, 5.41) is 11.0. The topological polar surface area (TPSA) is 23.5 Å². The van der Waals surface area contributed by atoms with Gasteiger partial charge < -0.3 is 5.11 Å². The fourth-order valence-electron chi connectivity index (χ4n) is 2.39. The van der Waals surface area contributed by atoms with Crippen LogP contribution in [0.4, 0.5) is 0 Å². The normalized spacial score (nSPS) is 12.6. The van der Waals surface area contributed by atoms with E-state index < -0.39 is 6.10 Å². The molecule has 3 heteroatoms. The van der Waals surface area contributed by atoms with Gasteiger partial charge in [0, 0.05) is 17.1 Å². The van der Waals surface area contributed by atoms with E-state index in [0.29, 0.717) is 5.02 Å². The van der Waals surface area contributed by atoms with E-state index in [-0.39, 0.29) is 0 Å². The third-order valence-corrected chi connectivity index (χ3v) is 4.14. The Kier molecular flexibility index (Phi) is 5.80. The number of benzene rings is 2. The molecule has 1 N–H and O–H groups in total. The second-order valence-corrected chi connectivity index (χ2v) is 5.53. The predicted octanol–water partition coefficient (Wildman–Crippen LogP) is 4.26. The van der Waals surface area contributed by atoms with E-state index in [1.165, 1.54) is 5.56 Å².